The lowest BCUT2D eigenvalue weighted by Gasteiger charge is -2.03. The van der Waals surface area contributed by atoms with Gasteiger partial charge in [-0.3, -0.25) is 4.79 Å². The molecule has 3 rings (SSSR count). The second-order valence-electron chi connectivity index (χ2n) is 4.67. The Balaban J connectivity index is 1.58. The third kappa shape index (κ3) is 4.18. The zero-order chi connectivity index (χ0) is 16.1. The van der Waals surface area contributed by atoms with E-state index in [2.05, 4.69) is 10.3 Å². The van der Waals surface area contributed by atoms with Gasteiger partial charge in [0.15, 0.2) is 5.13 Å². The molecule has 0 aliphatic rings. The van der Waals surface area contributed by atoms with Crippen molar-refractivity contribution >= 4 is 34.1 Å². The molecule has 0 unspecified atom stereocenters. The first-order valence-corrected chi connectivity index (χ1v) is 8.77. The summed E-state index contributed by atoms with van der Waals surface area (Å²) < 4.78 is 13.5. The molecule has 2 aromatic carbocycles. The summed E-state index contributed by atoms with van der Waals surface area (Å²) in [4.78, 5) is 16.8. The maximum Gasteiger partial charge on any atom is 0.236 e. The van der Waals surface area contributed by atoms with Crippen LogP contribution in [0.1, 0.15) is 0 Å². The zero-order valence-corrected chi connectivity index (χ0v) is 13.7. The SMILES string of the molecule is O=C(CSc1ccccc1F)Nc1nc(-c2ccccc2)cs1. The Labute approximate surface area is 141 Å². The predicted octanol–water partition coefficient (Wildman–Crippen LogP) is 4.68. The minimum Gasteiger partial charge on any atom is -0.301 e. The second-order valence-corrected chi connectivity index (χ2v) is 6.55. The summed E-state index contributed by atoms with van der Waals surface area (Å²) in [5.74, 6) is -0.376. The highest BCUT2D eigenvalue weighted by atomic mass is 32.2. The largest absolute Gasteiger partial charge is 0.301 e. The molecule has 116 valence electrons. The van der Waals surface area contributed by atoms with Gasteiger partial charge in [0.1, 0.15) is 5.82 Å². The average Bonchev–Trinajstić information content (AvgIpc) is 3.03. The van der Waals surface area contributed by atoms with E-state index in [1.54, 1.807) is 18.2 Å². The monoisotopic (exact) mass is 344 g/mol. The number of nitrogens with one attached hydrogen (secondary N) is 1. The van der Waals surface area contributed by atoms with Crippen molar-refractivity contribution < 1.29 is 9.18 Å². The molecule has 0 fully saturated rings. The molecule has 1 heterocycles. The number of amides is 1. The van der Waals surface area contributed by atoms with Crippen molar-refractivity contribution in [1.82, 2.24) is 4.98 Å². The fourth-order valence-corrected chi connectivity index (χ4v) is 3.41. The molecular weight excluding hydrogens is 331 g/mol. The van der Waals surface area contributed by atoms with Crippen LogP contribution in [0, 0.1) is 5.82 Å². The van der Waals surface area contributed by atoms with Crippen LogP contribution in [-0.4, -0.2) is 16.6 Å². The minimum atomic E-state index is -0.314. The van der Waals surface area contributed by atoms with E-state index < -0.39 is 0 Å². The summed E-state index contributed by atoms with van der Waals surface area (Å²) >= 11 is 2.54. The van der Waals surface area contributed by atoms with Crippen LogP contribution in [0.25, 0.3) is 11.3 Å². The summed E-state index contributed by atoms with van der Waals surface area (Å²) in [6.07, 6.45) is 0. The van der Waals surface area contributed by atoms with Crippen molar-refractivity contribution in [3.05, 3.63) is 65.8 Å². The number of benzene rings is 2. The standard InChI is InChI=1S/C17H13FN2OS2/c18-13-8-4-5-9-15(13)22-11-16(21)20-17-19-14(10-23-17)12-6-2-1-3-7-12/h1-10H,11H2,(H,19,20,21). The van der Waals surface area contributed by atoms with Gasteiger partial charge in [-0.15, -0.1) is 23.1 Å². The Morgan fingerprint density at radius 1 is 1.13 bits per heavy atom. The summed E-state index contributed by atoms with van der Waals surface area (Å²) in [7, 11) is 0. The minimum absolute atomic E-state index is 0.140. The number of thiazole rings is 1. The molecule has 0 aliphatic carbocycles. The van der Waals surface area contributed by atoms with E-state index in [9.17, 15) is 9.18 Å². The summed E-state index contributed by atoms with van der Waals surface area (Å²) in [6.45, 7) is 0. The van der Waals surface area contributed by atoms with Crippen LogP contribution in [0.3, 0.4) is 0 Å². The number of nitrogens with zero attached hydrogens (tertiary/aromatic N) is 1. The molecule has 1 amide bonds. The summed E-state index contributed by atoms with van der Waals surface area (Å²) in [5.41, 5.74) is 1.83. The fourth-order valence-electron chi connectivity index (χ4n) is 1.93. The van der Waals surface area contributed by atoms with Crippen LogP contribution in [-0.2, 0) is 4.79 Å². The van der Waals surface area contributed by atoms with Crippen molar-refractivity contribution in [1.29, 1.82) is 0 Å². The normalized spacial score (nSPS) is 10.5. The van der Waals surface area contributed by atoms with Gasteiger partial charge in [0.25, 0.3) is 0 Å². The lowest BCUT2D eigenvalue weighted by Crippen LogP contribution is -2.13. The summed E-state index contributed by atoms with van der Waals surface area (Å²) in [5, 5.41) is 5.19. The second kappa shape index (κ2) is 7.39. The van der Waals surface area contributed by atoms with Gasteiger partial charge in [0.2, 0.25) is 5.91 Å². The molecule has 1 N–H and O–H groups in total. The van der Waals surface area contributed by atoms with E-state index in [1.807, 2.05) is 35.7 Å². The predicted molar refractivity (Wildman–Crippen MR) is 93.3 cm³/mol. The van der Waals surface area contributed by atoms with Crippen LogP contribution in [0.4, 0.5) is 9.52 Å². The maximum absolute atomic E-state index is 13.5. The lowest BCUT2D eigenvalue weighted by molar-refractivity contribution is -0.113. The fraction of sp³-hybridized carbons (Fsp3) is 0.0588. The quantitative estimate of drug-likeness (QED) is 0.683. The summed E-state index contributed by atoms with van der Waals surface area (Å²) in [6, 6.07) is 16.2. The molecular formula is C17H13FN2OS2. The highest BCUT2D eigenvalue weighted by Crippen LogP contribution is 2.25. The number of carbonyl (C=O) groups is 1. The van der Waals surface area contributed by atoms with Crippen LogP contribution in [0.2, 0.25) is 0 Å². The van der Waals surface area contributed by atoms with Crippen molar-refractivity contribution in [2.45, 2.75) is 4.90 Å². The van der Waals surface area contributed by atoms with E-state index in [1.165, 1.54) is 29.2 Å². The van der Waals surface area contributed by atoms with Gasteiger partial charge < -0.3 is 5.32 Å². The molecule has 0 saturated carbocycles. The third-order valence-corrected chi connectivity index (χ3v) is 4.82. The van der Waals surface area contributed by atoms with Crippen molar-refractivity contribution in [3.63, 3.8) is 0 Å². The highest BCUT2D eigenvalue weighted by Gasteiger charge is 2.09. The van der Waals surface area contributed by atoms with Crippen molar-refractivity contribution in [3.8, 4) is 11.3 Å². The van der Waals surface area contributed by atoms with Crippen LogP contribution in [0.5, 0.6) is 0 Å². The lowest BCUT2D eigenvalue weighted by atomic mass is 10.2. The van der Waals surface area contributed by atoms with Crippen molar-refractivity contribution in [2.75, 3.05) is 11.1 Å². The maximum atomic E-state index is 13.5. The molecule has 0 atom stereocenters. The zero-order valence-electron chi connectivity index (χ0n) is 12.0. The molecule has 0 saturated heterocycles. The van der Waals surface area contributed by atoms with Gasteiger partial charge in [-0.25, -0.2) is 9.37 Å². The Hall–Kier alpha value is -2.18. The molecule has 0 spiro atoms. The van der Waals surface area contributed by atoms with Gasteiger partial charge in [-0.05, 0) is 12.1 Å². The van der Waals surface area contributed by atoms with Gasteiger partial charge in [-0.2, -0.15) is 0 Å². The molecule has 0 radical (unpaired) electrons. The van der Waals surface area contributed by atoms with E-state index in [4.69, 9.17) is 0 Å². The first kappa shape index (κ1) is 15.7. The number of hydrogen-bond donors (Lipinski definition) is 1. The molecule has 3 aromatic rings. The topological polar surface area (TPSA) is 42.0 Å². The Bertz CT molecular complexity index is 805. The molecule has 3 nitrogen and oxygen atoms in total. The van der Waals surface area contributed by atoms with E-state index >= 15 is 0 Å². The molecule has 0 bridgehead atoms. The van der Waals surface area contributed by atoms with Gasteiger partial charge in [0.05, 0.1) is 11.4 Å². The molecule has 1 aromatic heterocycles. The number of aromatic nitrogens is 1. The Morgan fingerprint density at radius 3 is 2.65 bits per heavy atom. The van der Waals surface area contributed by atoms with Gasteiger partial charge in [-0.1, -0.05) is 42.5 Å². The number of hydrogen-bond acceptors (Lipinski definition) is 4. The van der Waals surface area contributed by atoms with Gasteiger partial charge >= 0.3 is 0 Å². The average molecular weight is 344 g/mol. The highest BCUT2D eigenvalue weighted by molar-refractivity contribution is 8.00. The number of halogens is 1. The number of rotatable bonds is 5. The smallest absolute Gasteiger partial charge is 0.236 e. The Morgan fingerprint density at radius 2 is 1.87 bits per heavy atom. The Kier molecular flexibility index (Phi) is 5.05. The van der Waals surface area contributed by atoms with Crippen LogP contribution in [0.15, 0.2) is 64.9 Å². The van der Waals surface area contributed by atoms with Crippen LogP contribution < -0.4 is 5.32 Å². The van der Waals surface area contributed by atoms with Gasteiger partial charge in [0, 0.05) is 15.8 Å². The first-order valence-electron chi connectivity index (χ1n) is 6.90. The van der Waals surface area contributed by atoms with Crippen LogP contribution >= 0.6 is 23.1 Å². The third-order valence-electron chi connectivity index (χ3n) is 3.02. The number of carbonyl (C=O) groups excluding carboxylic acids is 1. The number of thioether (sulfide) groups is 1. The van der Waals surface area contributed by atoms with Crippen molar-refractivity contribution in [2.24, 2.45) is 0 Å². The molecule has 23 heavy (non-hydrogen) atoms. The molecule has 0 aliphatic heterocycles. The van der Waals surface area contributed by atoms with E-state index in [-0.39, 0.29) is 17.5 Å². The number of anilines is 1. The molecule has 6 heteroatoms. The van der Waals surface area contributed by atoms with E-state index in [0.29, 0.717) is 10.0 Å². The van der Waals surface area contributed by atoms with E-state index in [0.717, 1.165) is 11.3 Å². The first-order chi connectivity index (χ1) is 11.2.